The number of aromatic nitrogens is 3. The van der Waals surface area contributed by atoms with E-state index in [-0.39, 0.29) is 35.1 Å². The fourth-order valence-corrected chi connectivity index (χ4v) is 6.32. The molecule has 166 valence electrons. The van der Waals surface area contributed by atoms with Crippen LogP contribution in [0.4, 0.5) is 5.69 Å². The Bertz CT molecular complexity index is 1110. The van der Waals surface area contributed by atoms with Gasteiger partial charge in [0.05, 0.1) is 22.9 Å². The molecular weight excluding hydrogens is 438 g/mol. The zero-order valence-corrected chi connectivity index (χ0v) is 19.1. The van der Waals surface area contributed by atoms with Crippen LogP contribution >= 0.6 is 11.8 Å². The molecule has 1 atom stereocenters. The number of benzene rings is 1. The predicted octanol–water partition coefficient (Wildman–Crippen LogP) is 1.84. The number of amides is 2. The number of thioether (sulfide) groups is 1. The van der Waals surface area contributed by atoms with Crippen molar-refractivity contribution < 1.29 is 18.0 Å². The Hall–Kier alpha value is -2.40. The average molecular weight is 464 g/mol. The lowest BCUT2D eigenvalue weighted by atomic mass is 10.2. The highest BCUT2D eigenvalue weighted by molar-refractivity contribution is 7.99. The van der Waals surface area contributed by atoms with E-state index in [0.29, 0.717) is 23.2 Å². The first kappa shape index (κ1) is 21.8. The molecule has 2 amide bonds. The van der Waals surface area contributed by atoms with Crippen molar-refractivity contribution in [3.63, 3.8) is 0 Å². The fourth-order valence-electron chi connectivity index (χ4n) is 3.66. The monoisotopic (exact) mass is 463 g/mol. The minimum absolute atomic E-state index is 0.0257. The first-order valence-corrected chi connectivity index (χ1v) is 13.0. The quantitative estimate of drug-likeness (QED) is 0.623. The van der Waals surface area contributed by atoms with Crippen molar-refractivity contribution >= 4 is 39.1 Å². The van der Waals surface area contributed by atoms with Crippen molar-refractivity contribution in [2.75, 3.05) is 29.6 Å². The molecule has 2 heterocycles. The van der Waals surface area contributed by atoms with Crippen LogP contribution in [0.15, 0.2) is 29.4 Å². The van der Waals surface area contributed by atoms with Gasteiger partial charge in [0.15, 0.2) is 15.0 Å². The zero-order valence-electron chi connectivity index (χ0n) is 17.4. The number of nitrogens with zero attached hydrogens (tertiary/aromatic N) is 4. The Labute approximate surface area is 185 Å². The fraction of sp³-hybridized carbons (Fsp3) is 0.500. The minimum Gasteiger partial charge on any atom is -0.341 e. The summed E-state index contributed by atoms with van der Waals surface area (Å²) in [7, 11) is -1.39. The standard InChI is InChI=1S/C20H25N5O4S2/c1-13(26)21-15-4-3-5-16(10-15)25-19(14-6-7-14)22-23-20(25)30-11-18(27)24(2)17-8-9-31(28,29)12-17/h3-5,10,14,17H,6-9,11-12H2,1-2H3,(H,21,26). The van der Waals surface area contributed by atoms with Gasteiger partial charge < -0.3 is 10.2 Å². The normalized spacial score (nSPS) is 19.9. The second-order valence-electron chi connectivity index (χ2n) is 8.03. The molecule has 9 nitrogen and oxygen atoms in total. The SMILES string of the molecule is CC(=O)Nc1cccc(-n2c(SCC(=O)N(C)C3CCS(=O)(=O)C3)nnc2C2CC2)c1. The lowest BCUT2D eigenvalue weighted by Crippen LogP contribution is -2.38. The molecule has 2 aliphatic rings. The molecule has 1 unspecified atom stereocenters. The average Bonchev–Trinajstić information content (AvgIpc) is 3.37. The second kappa shape index (κ2) is 8.62. The third kappa shape index (κ3) is 5.09. The predicted molar refractivity (Wildman–Crippen MR) is 118 cm³/mol. The van der Waals surface area contributed by atoms with Crippen LogP contribution in [0, 0.1) is 0 Å². The van der Waals surface area contributed by atoms with E-state index in [1.807, 2.05) is 28.8 Å². The van der Waals surface area contributed by atoms with Crippen molar-refractivity contribution in [3.8, 4) is 5.69 Å². The Kier molecular flexibility index (Phi) is 6.07. The summed E-state index contributed by atoms with van der Waals surface area (Å²) in [5, 5.41) is 12.1. The topological polar surface area (TPSA) is 114 Å². The van der Waals surface area contributed by atoms with Gasteiger partial charge in [-0.3, -0.25) is 14.2 Å². The van der Waals surface area contributed by atoms with Crippen LogP contribution in [0.3, 0.4) is 0 Å². The summed E-state index contributed by atoms with van der Waals surface area (Å²) in [6.07, 6.45) is 2.57. The molecule has 2 aromatic rings. The summed E-state index contributed by atoms with van der Waals surface area (Å²) in [6.45, 7) is 1.46. The molecular formula is C20H25N5O4S2. The Balaban J connectivity index is 1.52. The van der Waals surface area contributed by atoms with Crippen LogP contribution < -0.4 is 5.32 Å². The summed E-state index contributed by atoms with van der Waals surface area (Å²) < 4.78 is 25.4. The second-order valence-corrected chi connectivity index (χ2v) is 11.2. The van der Waals surface area contributed by atoms with Gasteiger partial charge in [0.2, 0.25) is 11.8 Å². The van der Waals surface area contributed by atoms with Crippen molar-refractivity contribution in [3.05, 3.63) is 30.1 Å². The van der Waals surface area contributed by atoms with Crippen LogP contribution in [0.25, 0.3) is 5.69 Å². The van der Waals surface area contributed by atoms with E-state index in [9.17, 15) is 18.0 Å². The van der Waals surface area contributed by atoms with Crippen molar-refractivity contribution in [1.29, 1.82) is 0 Å². The highest BCUT2D eigenvalue weighted by atomic mass is 32.2. The van der Waals surface area contributed by atoms with Crippen LogP contribution in [0.1, 0.15) is 37.9 Å². The van der Waals surface area contributed by atoms with E-state index in [1.165, 1.54) is 23.6 Å². The maximum atomic E-state index is 12.7. The lowest BCUT2D eigenvalue weighted by molar-refractivity contribution is -0.128. The number of hydrogen-bond acceptors (Lipinski definition) is 7. The summed E-state index contributed by atoms with van der Waals surface area (Å²) in [5.74, 6) is 1.20. The van der Waals surface area contributed by atoms with Gasteiger partial charge in [0.1, 0.15) is 5.82 Å². The maximum Gasteiger partial charge on any atom is 0.233 e. The summed E-state index contributed by atoms with van der Waals surface area (Å²) in [6, 6.07) is 7.17. The van der Waals surface area contributed by atoms with Crippen LogP contribution in [-0.4, -0.2) is 70.2 Å². The number of anilines is 1. The van der Waals surface area contributed by atoms with E-state index < -0.39 is 9.84 Å². The van der Waals surface area contributed by atoms with E-state index >= 15 is 0 Å². The van der Waals surface area contributed by atoms with Crippen molar-refractivity contribution in [1.82, 2.24) is 19.7 Å². The molecule has 1 aromatic carbocycles. The molecule has 2 fully saturated rings. The van der Waals surface area contributed by atoms with E-state index in [0.717, 1.165) is 24.4 Å². The Morgan fingerprint density at radius 1 is 1.26 bits per heavy atom. The van der Waals surface area contributed by atoms with Gasteiger partial charge in [-0.1, -0.05) is 17.8 Å². The third-order valence-corrected chi connectivity index (χ3v) is 8.16. The lowest BCUT2D eigenvalue weighted by Gasteiger charge is -2.23. The maximum absolute atomic E-state index is 12.7. The third-order valence-electron chi connectivity index (χ3n) is 5.50. The minimum atomic E-state index is -3.05. The first-order chi connectivity index (χ1) is 14.7. The molecule has 1 saturated heterocycles. The summed E-state index contributed by atoms with van der Waals surface area (Å²) >= 11 is 1.28. The van der Waals surface area contributed by atoms with E-state index in [2.05, 4.69) is 15.5 Å². The number of sulfone groups is 1. The molecule has 1 aliphatic heterocycles. The number of carbonyl (C=O) groups excluding carboxylic acids is 2. The molecule has 0 bridgehead atoms. The van der Waals surface area contributed by atoms with Crippen LogP contribution in [-0.2, 0) is 19.4 Å². The molecule has 1 saturated carbocycles. The molecule has 11 heteroatoms. The summed E-state index contributed by atoms with van der Waals surface area (Å²) in [5.41, 5.74) is 1.50. The van der Waals surface area contributed by atoms with E-state index in [1.54, 1.807) is 7.05 Å². The van der Waals surface area contributed by atoms with Gasteiger partial charge in [-0.2, -0.15) is 0 Å². The largest absolute Gasteiger partial charge is 0.341 e. The summed E-state index contributed by atoms with van der Waals surface area (Å²) in [4.78, 5) is 25.7. The highest BCUT2D eigenvalue weighted by Crippen LogP contribution is 2.41. The molecule has 0 spiro atoms. The first-order valence-electron chi connectivity index (χ1n) is 10.2. The molecule has 1 aliphatic carbocycles. The van der Waals surface area contributed by atoms with Gasteiger partial charge in [0, 0.05) is 31.6 Å². The smallest absolute Gasteiger partial charge is 0.233 e. The van der Waals surface area contributed by atoms with Gasteiger partial charge >= 0.3 is 0 Å². The molecule has 0 radical (unpaired) electrons. The number of carbonyl (C=O) groups is 2. The molecule has 4 rings (SSSR count). The number of hydrogen-bond donors (Lipinski definition) is 1. The van der Waals surface area contributed by atoms with Gasteiger partial charge in [-0.05, 0) is 37.5 Å². The number of rotatable bonds is 7. The Morgan fingerprint density at radius 2 is 2.03 bits per heavy atom. The van der Waals surface area contributed by atoms with E-state index in [4.69, 9.17) is 0 Å². The highest BCUT2D eigenvalue weighted by Gasteiger charge is 2.34. The van der Waals surface area contributed by atoms with Crippen molar-refractivity contribution in [2.45, 2.75) is 43.3 Å². The Morgan fingerprint density at radius 3 is 2.68 bits per heavy atom. The zero-order chi connectivity index (χ0) is 22.2. The molecule has 1 N–H and O–H groups in total. The number of nitrogens with one attached hydrogen (secondary N) is 1. The molecule has 31 heavy (non-hydrogen) atoms. The van der Waals surface area contributed by atoms with Crippen molar-refractivity contribution in [2.24, 2.45) is 0 Å². The molecule has 1 aromatic heterocycles. The van der Waals surface area contributed by atoms with Crippen LogP contribution in [0.5, 0.6) is 0 Å². The van der Waals surface area contributed by atoms with Gasteiger partial charge in [-0.25, -0.2) is 8.42 Å². The van der Waals surface area contributed by atoms with Gasteiger partial charge in [-0.15, -0.1) is 10.2 Å². The van der Waals surface area contributed by atoms with Gasteiger partial charge in [0.25, 0.3) is 0 Å². The van der Waals surface area contributed by atoms with Crippen LogP contribution in [0.2, 0.25) is 0 Å².